The van der Waals surface area contributed by atoms with Crippen LogP contribution in [0.3, 0.4) is 0 Å². The highest BCUT2D eigenvalue weighted by molar-refractivity contribution is 5.20. The van der Waals surface area contributed by atoms with Gasteiger partial charge in [0.25, 0.3) is 0 Å². The van der Waals surface area contributed by atoms with Crippen LogP contribution in [0.5, 0.6) is 0 Å². The maximum Gasteiger partial charge on any atom is 0.105 e. The molecule has 0 aliphatic carbocycles. The number of hydrogen-bond acceptors (Lipinski definition) is 2. The van der Waals surface area contributed by atoms with Gasteiger partial charge in [-0.3, -0.25) is 0 Å². The van der Waals surface area contributed by atoms with E-state index in [2.05, 4.69) is 25.2 Å². The number of hydrogen-bond donors (Lipinski definition) is 1. The van der Waals surface area contributed by atoms with Crippen LogP contribution in [-0.2, 0) is 0 Å². The van der Waals surface area contributed by atoms with Crippen LogP contribution in [0.1, 0.15) is 44.1 Å². The Balaban J connectivity index is 2.67. The second-order valence-electron chi connectivity index (χ2n) is 4.02. The molecule has 0 bridgehead atoms. The van der Waals surface area contributed by atoms with Crippen LogP contribution >= 0.6 is 0 Å². The number of nitrogens with one attached hydrogen (secondary N) is 1. The van der Waals surface area contributed by atoms with Gasteiger partial charge in [-0.05, 0) is 32.4 Å². The lowest BCUT2D eigenvalue weighted by Gasteiger charge is -2.19. The van der Waals surface area contributed by atoms with E-state index >= 15 is 0 Å². The summed E-state index contributed by atoms with van der Waals surface area (Å²) in [7, 11) is 2.01. The highest BCUT2D eigenvalue weighted by Gasteiger charge is 2.15. The third-order valence-corrected chi connectivity index (χ3v) is 2.96. The fourth-order valence-corrected chi connectivity index (χ4v) is 1.73. The Morgan fingerprint density at radius 2 is 2.21 bits per heavy atom. The Morgan fingerprint density at radius 1 is 1.50 bits per heavy atom. The first-order valence-electron chi connectivity index (χ1n) is 5.40. The highest BCUT2D eigenvalue weighted by atomic mass is 16.3. The van der Waals surface area contributed by atoms with Crippen LogP contribution in [0.4, 0.5) is 0 Å². The van der Waals surface area contributed by atoms with Crippen LogP contribution in [0, 0.1) is 12.8 Å². The summed E-state index contributed by atoms with van der Waals surface area (Å²) in [5.41, 5.74) is 1.30. The summed E-state index contributed by atoms with van der Waals surface area (Å²) in [5, 5.41) is 3.35. The first-order valence-corrected chi connectivity index (χ1v) is 5.40. The molecule has 0 aromatic carbocycles. The van der Waals surface area contributed by atoms with Gasteiger partial charge in [0.1, 0.15) is 5.76 Å². The van der Waals surface area contributed by atoms with Gasteiger partial charge < -0.3 is 9.73 Å². The molecular weight excluding hydrogens is 174 g/mol. The van der Waals surface area contributed by atoms with Crippen LogP contribution in [0.25, 0.3) is 0 Å². The minimum atomic E-state index is 0.434. The molecule has 0 fully saturated rings. The lowest BCUT2D eigenvalue weighted by Crippen LogP contribution is -2.19. The maximum absolute atomic E-state index is 5.32. The molecule has 1 aromatic heterocycles. The predicted molar refractivity (Wildman–Crippen MR) is 59.3 cm³/mol. The van der Waals surface area contributed by atoms with Gasteiger partial charge in [0, 0.05) is 11.6 Å². The predicted octanol–water partition coefficient (Wildman–Crippen LogP) is 3.28. The molecule has 1 aromatic rings. The van der Waals surface area contributed by atoms with Crippen molar-refractivity contribution < 1.29 is 4.42 Å². The molecule has 1 N–H and O–H groups in total. The van der Waals surface area contributed by atoms with E-state index in [1.165, 1.54) is 18.4 Å². The summed E-state index contributed by atoms with van der Waals surface area (Å²) in [4.78, 5) is 0. The molecular formula is C12H21NO. The van der Waals surface area contributed by atoms with E-state index in [1.807, 2.05) is 14.0 Å². The number of furan rings is 1. The maximum atomic E-state index is 5.32. The van der Waals surface area contributed by atoms with Crippen molar-refractivity contribution in [1.29, 1.82) is 0 Å². The van der Waals surface area contributed by atoms with E-state index in [0.29, 0.717) is 6.04 Å². The van der Waals surface area contributed by atoms with Crippen molar-refractivity contribution in [3.8, 4) is 0 Å². The molecule has 80 valence electrons. The van der Waals surface area contributed by atoms with Crippen LogP contribution in [0.2, 0.25) is 0 Å². The van der Waals surface area contributed by atoms with Gasteiger partial charge >= 0.3 is 0 Å². The minimum absolute atomic E-state index is 0.434. The second-order valence-corrected chi connectivity index (χ2v) is 4.02. The quantitative estimate of drug-likeness (QED) is 0.780. The fraction of sp³-hybridized carbons (Fsp3) is 0.667. The highest BCUT2D eigenvalue weighted by Crippen LogP contribution is 2.25. The Bertz CT molecular complexity index is 267. The molecule has 0 aliphatic heterocycles. The Labute approximate surface area is 86.7 Å². The molecule has 0 aliphatic rings. The van der Waals surface area contributed by atoms with Gasteiger partial charge in [-0.15, -0.1) is 0 Å². The molecule has 2 unspecified atom stereocenters. The van der Waals surface area contributed by atoms with Crippen molar-refractivity contribution in [1.82, 2.24) is 5.32 Å². The van der Waals surface area contributed by atoms with E-state index in [1.54, 1.807) is 6.26 Å². The molecule has 2 atom stereocenters. The first kappa shape index (κ1) is 11.3. The summed E-state index contributed by atoms with van der Waals surface area (Å²) in [6.07, 6.45) is 4.17. The molecule has 2 nitrogen and oxygen atoms in total. The zero-order valence-electron chi connectivity index (χ0n) is 9.63. The molecule has 2 heteroatoms. The average molecular weight is 195 g/mol. The van der Waals surface area contributed by atoms with Gasteiger partial charge in [-0.1, -0.05) is 20.3 Å². The first-order chi connectivity index (χ1) is 6.69. The Hall–Kier alpha value is -0.760. The lowest BCUT2D eigenvalue weighted by molar-refractivity contribution is 0.415. The van der Waals surface area contributed by atoms with Crippen molar-refractivity contribution in [2.75, 3.05) is 7.05 Å². The molecule has 0 saturated carbocycles. The van der Waals surface area contributed by atoms with Crippen molar-refractivity contribution >= 4 is 0 Å². The smallest absolute Gasteiger partial charge is 0.105 e. The van der Waals surface area contributed by atoms with E-state index in [4.69, 9.17) is 4.42 Å². The molecule has 0 spiro atoms. The minimum Gasteiger partial charge on any atom is -0.469 e. The molecule has 0 amide bonds. The standard InChI is InChI=1S/C12H21NO/c1-5-9(2)8-12(13-4)11-6-7-14-10(11)3/h6-7,9,12-13H,5,8H2,1-4H3. The van der Waals surface area contributed by atoms with Gasteiger partial charge in [0.05, 0.1) is 6.26 Å². The van der Waals surface area contributed by atoms with Crippen LogP contribution in [0.15, 0.2) is 16.7 Å². The van der Waals surface area contributed by atoms with Crippen molar-refractivity contribution in [3.63, 3.8) is 0 Å². The summed E-state index contributed by atoms with van der Waals surface area (Å²) in [5.74, 6) is 1.79. The number of rotatable bonds is 5. The molecule has 14 heavy (non-hydrogen) atoms. The Kier molecular flexibility index (Phi) is 4.21. The van der Waals surface area contributed by atoms with Crippen LogP contribution < -0.4 is 5.32 Å². The molecule has 1 heterocycles. The monoisotopic (exact) mass is 195 g/mol. The lowest BCUT2D eigenvalue weighted by atomic mass is 9.95. The van der Waals surface area contributed by atoms with E-state index in [0.717, 1.165) is 11.7 Å². The zero-order chi connectivity index (χ0) is 10.6. The summed E-state index contributed by atoms with van der Waals surface area (Å²) in [6.45, 7) is 6.55. The third kappa shape index (κ3) is 2.61. The van der Waals surface area contributed by atoms with Gasteiger partial charge in [-0.2, -0.15) is 0 Å². The van der Waals surface area contributed by atoms with Gasteiger partial charge in [0.15, 0.2) is 0 Å². The van der Waals surface area contributed by atoms with Crippen molar-refractivity contribution in [3.05, 3.63) is 23.7 Å². The Morgan fingerprint density at radius 3 is 2.64 bits per heavy atom. The van der Waals surface area contributed by atoms with Crippen molar-refractivity contribution in [2.45, 2.75) is 39.7 Å². The van der Waals surface area contributed by atoms with E-state index in [9.17, 15) is 0 Å². The van der Waals surface area contributed by atoms with E-state index in [-0.39, 0.29) is 0 Å². The molecule has 1 rings (SSSR count). The topological polar surface area (TPSA) is 25.2 Å². The number of aryl methyl sites for hydroxylation is 1. The van der Waals surface area contributed by atoms with Crippen LogP contribution in [-0.4, -0.2) is 7.05 Å². The summed E-state index contributed by atoms with van der Waals surface area (Å²) >= 11 is 0. The van der Waals surface area contributed by atoms with Gasteiger partial charge in [0.2, 0.25) is 0 Å². The normalized spacial score (nSPS) is 15.4. The average Bonchev–Trinajstić information content (AvgIpc) is 2.60. The molecule has 0 radical (unpaired) electrons. The fourth-order valence-electron chi connectivity index (χ4n) is 1.73. The zero-order valence-corrected chi connectivity index (χ0v) is 9.63. The summed E-state index contributed by atoms with van der Waals surface area (Å²) in [6, 6.07) is 2.50. The van der Waals surface area contributed by atoms with E-state index < -0.39 is 0 Å². The third-order valence-electron chi connectivity index (χ3n) is 2.96. The largest absolute Gasteiger partial charge is 0.469 e. The van der Waals surface area contributed by atoms with Crippen molar-refractivity contribution in [2.24, 2.45) is 5.92 Å². The SMILES string of the molecule is CCC(C)CC(NC)c1ccoc1C. The van der Waals surface area contributed by atoms with Gasteiger partial charge in [-0.25, -0.2) is 0 Å². The summed E-state index contributed by atoms with van der Waals surface area (Å²) < 4.78 is 5.32. The molecule has 0 saturated heterocycles. The second kappa shape index (κ2) is 5.20.